The molecule has 2 aromatic carbocycles. The monoisotopic (exact) mass is 625 g/mol. The number of halogens is 2. The van der Waals surface area contributed by atoms with Crippen molar-refractivity contribution in [2.24, 2.45) is 0 Å². The second-order valence-corrected chi connectivity index (χ2v) is 13.2. The number of hydrogen-bond acceptors (Lipinski definition) is 6. The van der Waals surface area contributed by atoms with Gasteiger partial charge in [0, 0.05) is 41.7 Å². The zero-order valence-electron chi connectivity index (χ0n) is 23.4. The van der Waals surface area contributed by atoms with Crippen molar-refractivity contribution in [1.29, 1.82) is 0 Å². The molecular formula is C29H37Cl2N3O6S. The predicted octanol–water partition coefficient (Wildman–Crippen LogP) is 5.18. The van der Waals surface area contributed by atoms with Gasteiger partial charge in [-0.1, -0.05) is 49.0 Å². The van der Waals surface area contributed by atoms with Gasteiger partial charge in [0.25, 0.3) is 0 Å². The summed E-state index contributed by atoms with van der Waals surface area (Å²) in [4.78, 5) is 28.6. The number of nitrogens with one attached hydrogen (secondary N) is 1. The van der Waals surface area contributed by atoms with E-state index >= 15 is 0 Å². The minimum absolute atomic E-state index is 0.0367. The van der Waals surface area contributed by atoms with Gasteiger partial charge in [0.1, 0.15) is 19.3 Å². The number of sulfonamides is 1. The van der Waals surface area contributed by atoms with E-state index in [4.69, 9.17) is 32.7 Å². The lowest BCUT2D eigenvalue weighted by molar-refractivity contribution is -0.141. The van der Waals surface area contributed by atoms with Crippen LogP contribution in [-0.4, -0.2) is 63.2 Å². The van der Waals surface area contributed by atoms with E-state index in [0.717, 1.165) is 31.9 Å². The van der Waals surface area contributed by atoms with Crippen LogP contribution in [-0.2, 0) is 26.2 Å². The molecule has 41 heavy (non-hydrogen) atoms. The van der Waals surface area contributed by atoms with Crippen molar-refractivity contribution < 1.29 is 27.5 Å². The van der Waals surface area contributed by atoms with E-state index in [9.17, 15) is 18.0 Å². The fraction of sp³-hybridized carbons (Fsp3) is 0.517. The standard InChI is InChI=1S/C29H37Cl2N3O6S/c1-3-25(29(36)32-22-7-4-5-8-22)33(19-20-10-11-21(30)17-24(20)31)28(35)9-6-14-34(41(2,37)38)23-12-13-26-27(18-23)40-16-15-39-26/h10-13,17-18,22,25H,3-9,14-16,19H2,1-2H3,(H,32,36)/t25-/m0/s1. The van der Waals surface area contributed by atoms with Gasteiger partial charge in [-0.3, -0.25) is 13.9 Å². The first-order chi connectivity index (χ1) is 19.6. The Bertz CT molecular complexity index is 1350. The molecule has 2 aromatic rings. The maximum absolute atomic E-state index is 13.7. The lowest BCUT2D eigenvalue weighted by Crippen LogP contribution is -2.51. The maximum Gasteiger partial charge on any atom is 0.243 e. The highest BCUT2D eigenvalue weighted by Crippen LogP contribution is 2.35. The van der Waals surface area contributed by atoms with Crippen LogP contribution in [0.4, 0.5) is 5.69 Å². The average Bonchev–Trinajstić information content (AvgIpc) is 3.44. The third kappa shape index (κ3) is 8.20. The SMILES string of the molecule is CC[C@@H](C(=O)NC1CCCC1)N(Cc1ccc(Cl)cc1Cl)C(=O)CCCN(c1ccc2c(c1)OCCO2)S(C)(=O)=O. The van der Waals surface area contributed by atoms with Crippen LogP contribution < -0.4 is 19.1 Å². The van der Waals surface area contributed by atoms with Crippen molar-refractivity contribution in [3.05, 3.63) is 52.0 Å². The first-order valence-corrected chi connectivity index (χ1v) is 16.6. The largest absolute Gasteiger partial charge is 0.486 e. The number of benzene rings is 2. The Labute approximate surface area is 252 Å². The molecule has 4 rings (SSSR count). The van der Waals surface area contributed by atoms with Crippen LogP contribution in [0.25, 0.3) is 0 Å². The molecule has 1 fully saturated rings. The number of hydrogen-bond donors (Lipinski definition) is 1. The quantitative estimate of drug-likeness (QED) is 0.348. The van der Waals surface area contributed by atoms with Gasteiger partial charge >= 0.3 is 0 Å². The van der Waals surface area contributed by atoms with E-state index < -0.39 is 16.1 Å². The van der Waals surface area contributed by atoms with Crippen LogP contribution in [0.2, 0.25) is 10.0 Å². The van der Waals surface area contributed by atoms with Crippen molar-refractivity contribution in [1.82, 2.24) is 10.2 Å². The molecule has 1 aliphatic carbocycles. The van der Waals surface area contributed by atoms with E-state index in [2.05, 4.69) is 5.32 Å². The van der Waals surface area contributed by atoms with Gasteiger partial charge in [-0.2, -0.15) is 0 Å². The average molecular weight is 627 g/mol. The lowest BCUT2D eigenvalue weighted by Gasteiger charge is -2.32. The smallest absolute Gasteiger partial charge is 0.243 e. The summed E-state index contributed by atoms with van der Waals surface area (Å²) < 4.78 is 37.8. The molecule has 1 N–H and O–H groups in total. The number of carbonyl (C=O) groups excluding carboxylic acids is 2. The van der Waals surface area contributed by atoms with E-state index in [1.54, 1.807) is 41.3 Å². The zero-order valence-corrected chi connectivity index (χ0v) is 25.7. The molecule has 2 amide bonds. The first-order valence-electron chi connectivity index (χ1n) is 14.0. The number of rotatable bonds is 12. The highest BCUT2D eigenvalue weighted by Gasteiger charge is 2.31. The van der Waals surface area contributed by atoms with Gasteiger partial charge < -0.3 is 19.7 Å². The molecular weight excluding hydrogens is 589 g/mol. The third-order valence-corrected chi connectivity index (χ3v) is 9.19. The predicted molar refractivity (Wildman–Crippen MR) is 160 cm³/mol. The number of carbonyl (C=O) groups is 2. The number of ether oxygens (including phenoxy) is 2. The Hall–Kier alpha value is -2.69. The lowest BCUT2D eigenvalue weighted by atomic mass is 10.1. The Morgan fingerprint density at radius 2 is 1.76 bits per heavy atom. The van der Waals surface area contributed by atoms with Gasteiger partial charge in [0.2, 0.25) is 21.8 Å². The molecule has 1 heterocycles. The maximum atomic E-state index is 13.7. The molecule has 9 nitrogen and oxygen atoms in total. The first kappa shape index (κ1) is 31.3. The van der Waals surface area contributed by atoms with Crippen LogP contribution in [0.15, 0.2) is 36.4 Å². The summed E-state index contributed by atoms with van der Waals surface area (Å²) in [5.74, 6) is 0.581. The fourth-order valence-corrected chi connectivity index (χ4v) is 6.74. The molecule has 1 atom stereocenters. The number of nitrogens with zero attached hydrogens (tertiary/aromatic N) is 2. The van der Waals surface area contributed by atoms with Crippen LogP contribution in [0.5, 0.6) is 11.5 Å². The summed E-state index contributed by atoms with van der Waals surface area (Å²) in [6.45, 7) is 2.88. The van der Waals surface area contributed by atoms with E-state index in [1.165, 1.54) is 4.31 Å². The molecule has 0 saturated heterocycles. The summed E-state index contributed by atoms with van der Waals surface area (Å²) in [7, 11) is -3.65. The van der Waals surface area contributed by atoms with Gasteiger partial charge in [0.05, 0.1) is 11.9 Å². The second-order valence-electron chi connectivity index (χ2n) is 10.4. The highest BCUT2D eigenvalue weighted by atomic mass is 35.5. The molecule has 1 aliphatic heterocycles. The molecule has 1 saturated carbocycles. The summed E-state index contributed by atoms with van der Waals surface area (Å²) in [5, 5.41) is 4.00. The van der Waals surface area contributed by atoms with Gasteiger partial charge in [-0.05, 0) is 55.5 Å². The van der Waals surface area contributed by atoms with Gasteiger partial charge in [0.15, 0.2) is 11.5 Å². The van der Waals surface area contributed by atoms with Crippen molar-refractivity contribution in [2.75, 3.05) is 30.3 Å². The minimum Gasteiger partial charge on any atom is -0.486 e. The molecule has 0 aromatic heterocycles. The van der Waals surface area contributed by atoms with Gasteiger partial charge in [-0.25, -0.2) is 8.42 Å². The number of anilines is 1. The highest BCUT2D eigenvalue weighted by molar-refractivity contribution is 7.92. The van der Waals surface area contributed by atoms with Crippen molar-refractivity contribution in [3.8, 4) is 11.5 Å². The molecule has 224 valence electrons. The molecule has 0 spiro atoms. The van der Waals surface area contributed by atoms with E-state index in [1.807, 2.05) is 6.92 Å². The van der Waals surface area contributed by atoms with Crippen molar-refractivity contribution in [2.45, 2.75) is 70.5 Å². The molecule has 2 aliphatic rings. The van der Waals surface area contributed by atoms with Crippen LogP contribution in [0.1, 0.15) is 57.4 Å². The molecule has 0 bridgehead atoms. The molecule has 0 radical (unpaired) electrons. The normalized spacial score (nSPS) is 15.8. The Kier molecular flexibility index (Phi) is 10.7. The second kappa shape index (κ2) is 14.0. The molecule has 0 unspecified atom stereocenters. The van der Waals surface area contributed by atoms with Crippen molar-refractivity contribution in [3.63, 3.8) is 0 Å². The topological polar surface area (TPSA) is 105 Å². The number of fused-ring (bicyclic) bond motifs is 1. The Morgan fingerprint density at radius 3 is 2.41 bits per heavy atom. The van der Waals surface area contributed by atoms with Gasteiger partial charge in [-0.15, -0.1) is 0 Å². The summed E-state index contributed by atoms with van der Waals surface area (Å²) >= 11 is 12.5. The minimum atomic E-state index is -3.65. The zero-order chi connectivity index (χ0) is 29.6. The van der Waals surface area contributed by atoms with Crippen molar-refractivity contribution >= 4 is 50.7 Å². The van der Waals surface area contributed by atoms with Crippen LogP contribution >= 0.6 is 23.2 Å². The Morgan fingerprint density at radius 1 is 1.05 bits per heavy atom. The third-order valence-electron chi connectivity index (χ3n) is 7.41. The summed E-state index contributed by atoms with van der Waals surface area (Å²) in [6.07, 6.45) is 5.83. The van der Waals surface area contributed by atoms with Crippen LogP contribution in [0, 0.1) is 0 Å². The van der Waals surface area contributed by atoms with E-state index in [0.29, 0.717) is 52.4 Å². The van der Waals surface area contributed by atoms with E-state index in [-0.39, 0.29) is 43.8 Å². The fourth-order valence-electron chi connectivity index (χ4n) is 5.31. The Balaban J connectivity index is 1.50. The summed E-state index contributed by atoms with van der Waals surface area (Å²) in [5.41, 5.74) is 1.10. The summed E-state index contributed by atoms with van der Waals surface area (Å²) in [6, 6.07) is 9.44. The number of amides is 2. The van der Waals surface area contributed by atoms with Crippen LogP contribution in [0.3, 0.4) is 0 Å². The molecule has 12 heteroatoms.